The van der Waals surface area contributed by atoms with Crippen molar-refractivity contribution in [2.75, 3.05) is 0 Å². The molecule has 1 aromatic rings. The Morgan fingerprint density at radius 1 is 0.741 bits per heavy atom. The predicted octanol–water partition coefficient (Wildman–Crippen LogP) is 5.50. The summed E-state index contributed by atoms with van der Waals surface area (Å²) in [7, 11) is 0. The van der Waals surface area contributed by atoms with E-state index in [0.29, 0.717) is 24.3 Å². The second-order valence-corrected chi connectivity index (χ2v) is 5.63. The van der Waals surface area contributed by atoms with Crippen LogP contribution in [0.4, 0.5) is 43.9 Å². The van der Waals surface area contributed by atoms with Gasteiger partial charge in [-0.25, -0.2) is 0 Å². The minimum atomic E-state index is -6.64. The van der Waals surface area contributed by atoms with Crippen LogP contribution >= 0.6 is 0 Å². The standard InChI is InChI=1S/C15H8F10N2/c16-12(17,14(21,22)15(23,24)25)6-11(7-26,8-27)5-9-1-3-10(4-2-9)13(18,19)20/h1-4H,5-6H2. The van der Waals surface area contributed by atoms with Crippen LogP contribution in [0.5, 0.6) is 0 Å². The third-order valence-electron chi connectivity index (χ3n) is 3.55. The van der Waals surface area contributed by atoms with Gasteiger partial charge < -0.3 is 0 Å². The van der Waals surface area contributed by atoms with E-state index >= 15 is 0 Å². The summed E-state index contributed by atoms with van der Waals surface area (Å²) in [5.41, 5.74) is -4.49. The van der Waals surface area contributed by atoms with Crippen LogP contribution in [0.25, 0.3) is 0 Å². The highest BCUT2D eigenvalue weighted by atomic mass is 19.4. The molecule has 0 radical (unpaired) electrons. The molecule has 0 amide bonds. The van der Waals surface area contributed by atoms with Crippen LogP contribution in [-0.2, 0) is 12.6 Å². The monoisotopic (exact) mass is 406 g/mol. The van der Waals surface area contributed by atoms with Gasteiger partial charge in [-0.1, -0.05) is 12.1 Å². The first-order chi connectivity index (χ1) is 12.0. The number of benzene rings is 1. The van der Waals surface area contributed by atoms with Gasteiger partial charge in [0.05, 0.1) is 24.1 Å². The van der Waals surface area contributed by atoms with Crippen LogP contribution in [0.2, 0.25) is 0 Å². The summed E-state index contributed by atoms with van der Waals surface area (Å²) in [5.74, 6) is -12.3. The Morgan fingerprint density at radius 2 is 1.19 bits per heavy atom. The number of rotatable bonds is 5. The van der Waals surface area contributed by atoms with Crippen molar-refractivity contribution in [1.82, 2.24) is 0 Å². The summed E-state index contributed by atoms with van der Waals surface area (Å²) < 4.78 is 127. The van der Waals surface area contributed by atoms with Gasteiger partial charge in [0.1, 0.15) is 0 Å². The van der Waals surface area contributed by atoms with Crippen molar-refractivity contribution >= 4 is 0 Å². The van der Waals surface area contributed by atoms with Crippen LogP contribution < -0.4 is 0 Å². The van der Waals surface area contributed by atoms with E-state index in [-0.39, 0.29) is 5.56 Å². The van der Waals surface area contributed by atoms with Crippen LogP contribution in [0.15, 0.2) is 24.3 Å². The number of hydrogen-bond acceptors (Lipinski definition) is 2. The predicted molar refractivity (Wildman–Crippen MR) is 69.4 cm³/mol. The average molecular weight is 406 g/mol. The maximum absolute atomic E-state index is 13.6. The van der Waals surface area contributed by atoms with Gasteiger partial charge in [-0.05, 0) is 17.7 Å². The normalized spacial score (nSPS) is 13.8. The Morgan fingerprint density at radius 3 is 1.52 bits per heavy atom. The van der Waals surface area contributed by atoms with Gasteiger partial charge in [-0.15, -0.1) is 0 Å². The topological polar surface area (TPSA) is 47.6 Å². The van der Waals surface area contributed by atoms with Crippen LogP contribution in [-0.4, -0.2) is 18.0 Å². The zero-order chi connectivity index (χ0) is 21.3. The molecule has 0 aliphatic carbocycles. The molecule has 0 spiro atoms. The fourth-order valence-electron chi connectivity index (χ4n) is 2.10. The Bertz CT molecular complexity index is 733. The Hall–Kier alpha value is -2.50. The molecular formula is C15H8F10N2. The summed E-state index contributed by atoms with van der Waals surface area (Å²) >= 11 is 0. The molecule has 0 bridgehead atoms. The minimum Gasteiger partial charge on any atom is -0.199 e. The molecule has 27 heavy (non-hydrogen) atoms. The first kappa shape index (κ1) is 22.5. The molecule has 0 N–H and O–H groups in total. The van der Waals surface area contributed by atoms with Crippen molar-refractivity contribution < 1.29 is 43.9 Å². The lowest BCUT2D eigenvalue weighted by Gasteiger charge is -2.31. The zero-order valence-corrected chi connectivity index (χ0v) is 12.9. The van der Waals surface area contributed by atoms with Gasteiger partial charge in [0, 0.05) is 6.42 Å². The summed E-state index contributed by atoms with van der Waals surface area (Å²) in [6.07, 6.45) is -14.9. The summed E-state index contributed by atoms with van der Waals surface area (Å²) in [5, 5.41) is 17.9. The van der Waals surface area contributed by atoms with Crippen molar-refractivity contribution in [3.8, 4) is 12.1 Å². The van der Waals surface area contributed by atoms with E-state index in [4.69, 9.17) is 10.5 Å². The lowest BCUT2D eigenvalue weighted by Crippen LogP contribution is -2.54. The maximum Gasteiger partial charge on any atom is 0.459 e. The van der Waals surface area contributed by atoms with Crippen LogP contribution in [0.1, 0.15) is 17.5 Å². The molecule has 0 fully saturated rings. The smallest absolute Gasteiger partial charge is 0.199 e. The number of halogens is 10. The quantitative estimate of drug-likeness (QED) is 0.606. The number of nitriles is 2. The number of hydrogen-bond donors (Lipinski definition) is 0. The first-order valence-corrected chi connectivity index (χ1v) is 6.82. The third-order valence-corrected chi connectivity index (χ3v) is 3.55. The molecule has 0 aromatic heterocycles. The molecule has 0 saturated carbocycles. The summed E-state index contributed by atoms with van der Waals surface area (Å²) in [6.45, 7) is 0. The van der Waals surface area contributed by atoms with E-state index in [1.54, 1.807) is 0 Å². The Balaban J connectivity index is 3.21. The summed E-state index contributed by atoms with van der Waals surface area (Å²) in [4.78, 5) is 0. The van der Waals surface area contributed by atoms with Gasteiger partial charge in [0.2, 0.25) is 0 Å². The Kier molecular flexibility index (Phi) is 5.77. The molecule has 0 unspecified atom stereocenters. The average Bonchev–Trinajstić information content (AvgIpc) is 2.52. The third kappa shape index (κ3) is 4.62. The molecule has 1 aromatic carbocycles. The van der Waals surface area contributed by atoms with Crippen molar-refractivity contribution in [2.24, 2.45) is 5.41 Å². The van der Waals surface area contributed by atoms with Gasteiger partial charge in [-0.2, -0.15) is 54.4 Å². The number of nitrogens with zero attached hydrogens (tertiary/aromatic N) is 2. The second-order valence-electron chi connectivity index (χ2n) is 5.63. The van der Waals surface area contributed by atoms with Gasteiger partial charge >= 0.3 is 24.2 Å². The van der Waals surface area contributed by atoms with Crippen LogP contribution in [0.3, 0.4) is 0 Å². The Labute approximate surface area is 145 Å². The highest BCUT2D eigenvalue weighted by Gasteiger charge is 2.74. The zero-order valence-electron chi connectivity index (χ0n) is 12.9. The van der Waals surface area contributed by atoms with Gasteiger partial charge in [0.15, 0.2) is 5.41 Å². The van der Waals surface area contributed by atoms with Crippen molar-refractivity contribution in [1.29, 1.82) is 10.5 Å². The van der Waals surface area contributed by atoms with Crippen molar-refractivity contribution in [3.63, 3.8) is 0 Å². The summed E-state index contributed by atoms with van der Waals surface area (Å²) in [6, 6.07) is 4.32. The van der Waals surface area contributed by atoms with Gasteiger partial charge in [-0.3, -0.25) is 0 Å². The van der Waals surface area contributed by atoms with E-state index < -0.39 is 48.0 Å². The highest BCUT2D eigenvalue weighted by Crippen LogP contribution is 2.51. The molecule has 0 aliphatic heterocycles. The lowest BCUT2D eigenvalue weighted by molar-refractivity contribution is -0.357. The molecule has 1 rings (SSSR count). The highest BCUT2D eigenvalue weighted by molar-refractivity contribution is 5.29. The lowest BCUT2D eigenvalue weighted by atomic mass is 9.78. The van der Waals surface area contributed by atoms with E-state index in [1.807, 2.05) is 0 Å². The van der Waals surface area contributed by atoms with Crippen molar-refractivity contribution in [3.05, 3.63) is 35.4 Å². The molecule has 0 heterocycles. The molecule has 2 nitrogen and oxygen atoms in total. The van der Waals surface area contributed by atoms with E-state index in [1.165, 1.54) is 0 Å². The minimum absolute atomic E-state index is 0.308. The maximum atomic E-state index is 13.6. The second kappa shape index (κ2) is 6.91. The molecule has 0 atom stereocenters. The van der Waals surface area contributed by atoms with E-state index in [9.17, 15) is 43.9 Å². The van der Waals surface area contributed by atoms with Gasteiger partial charge in [0.25, 0.3) is 0 Å². The van der Waals surface area contributed by atoms with E-state index in [2.05, 4.69) is 0 Å². The molecule has 148 valence electrons. The molecule has 0 aliphatic rings. The molecule has 12 heteroatoms. The van der Waals surface area contributed by atoms with Crippen LogP contribution in [0, 0.1) is 28.1 Å². The fourth-order valence-corrected chi connectivity index (χ4v) is 2.10. The fraction of sp³-hybridized carbons (Fsp3) is 0.467. The van der Waals surface area contributed by atoms with Crippen molar-refractivity contribution in [2.45, 2.75) is 37.0 Å². The largest absolute Gasteiger partial charge is 0.459 e. The molecule has 0 saturated heterocycles. The first-order valence-electron chi connectivity index (χ1n) is 6.82. The molecular weight excluding hydrogens is 398 g/mol. The van der Waals surface area contributed by atoms with E-state index in [0.717, 1.165) is 12.1 Å². The SMILES string of the molecule is N#CC(C#N)(Cc1ccc(C(F)(F)F)cc1)CC(F)(F)C(F)(F)C(F)(F)F. The number of alkyl halides is 10.